The molecule has 0 saturated carbocycles. The third-order valence-corrected chi connectivity index (χ3v) is 3.54. The predicted octanol–water partition coefficient (Wildman–Crippen LogP) is 3.16. The van der Waals surface area contributed by atoms with Crippen molar-refractivity contribution in [3.8, 4) is 5.75 Å². The molecule has 0 saturated heterocycles. The SMILES string of the molecule is COc1cccc(Nc2ccc(C(=O)NCc3ccccc3)nn2)c1. The number of rotatable bonds is 6. The van der Waals surface area contributed by atoms with Crippen LogP contribution < -0.4 is 15.4 Å². The number of carbonyl (C=O) groups excluding carboxylic acids is 1. The van der Waals surface area contributed by atoms with E-state index < -0.39 is 0 Å². The molecule has 126 valence electrons. The van der Waals surface area contributed by atoms with Crippen LogP contribution in [-0.2, 0) is 6.54 Å². The lowest BCUT2D eigenvalue weighted by Crippen LogP contribution is -2.24. The molecule has 0 aliphatic rings. The number of anilines is 2. The van der Waals surface area contributed by atoms with Gasteiger partial charge >= 0.3 is 0 Å². The van der Waals surface area contributed by atoms with E-state index in [4.69, 9.17) is 4.74 Å². The summed E-state index contributed by atoms with van der Waals surface area (Å²) in [6.07, 6.45) is 0. The number of carbonyl (C=O) groups is 1. The minimum Gasteiger partial charge on any atom is -0.497 e. The Morgan fingerprint density at radius 1 is 1.00 bits per heavy atom. The van der Waals surface area contributed by atoms with Crippen LogP contribution in [0.5, 0.6) is 5.75 Å². The molecule has 1 heterocycles. The van der Waals surface area contributed by atoms with Crippen molar-refractivity contribution in [1.29, 1.82) is 0 Å². The van der Waals surface area contributed by atoms with Gasteiger partial charge in [-0.2, -0.15) is 0 Å². The number of amides is 1. The molecule has 0 aliphatic carbocycles. The molecule has 0 unspecified atom stereocenters. The van der Waals surface area contributed by atoms with Gasteiger partial charge in [-0.05, 0) is 29.8 Å². The van der Waals surface area contributed by atoms with Crippen LogP contribution in [0.25, 0.3) is 0 Å². The van der Waals surface area contributed by atoms with E-state index in [2.05, 4.69) is 20.8 Å². The van der Waals surface area contributed by atoms with Gasteiger partial charge in [-0.1, -0.05) is 36.4 Å². The van der Waals surface area contributed by atoms with E-state index in [1.54, 1.807) is 19.2 Å². The summed E-state index contributed by atoms with van der Waals surface area (Å²) in [4.78, 5) is 12.1. The maximum Gasteiger partial charge on any atom is 0.272 e. The van der Waals surface area contributed by atoms with Crippen molar-refractivity contribution in [3.63, 3.8) is 0 Å². The van der Waals surface area contributed by atoms with Crippen LogP contribution in [0.3, 0.4) is 0 Å². The van der Waals surface area contributed by atoms with Gasteiger partial charge in [0, 0.05) is 18.3 Å². The van der Waals surface area contributed by atoms with E-state index in [1.807, 2.05) is 54.6 Å². The van der Waals surface area contributed by atoms with E-state index in [0.717, 1.165) is 17.0 Å². The number of hydrogen-bond donors (Lipinski definition) is 2. The molecule has 1 aromatic heterocycles. The molecular formula is C19H18N4O2. The van der Waals surface area contributed by atoms with Gasteiger partial charge in [-0.3, -0.25) is 4.79 Å². The van der Waals surface area contributed by atoms with Crippen molar-refractivity contribution in [3.05, 3.63) is 78.0 Å². The number of ether oxygens (including phenoxy) is 1. The highest BCUT2D eigenvalue weighted by atomic mass is 16.5. The molecule has 0 atom stereocenters. The molecule has 3 rings (SSSR count). The fourth-order valence-electron chi connectivity index (χ4n) is 2.24. The van der Waals surface area contributed by atoms with Crippen LogP contribution >= 0.6 is 0 Å². The number of benzene rings is 2. The normalized spacial score (nSPS) is 10.1. The van der Waals surface area contributed by atoms with Crippen molar-refractivity contribution >= 4 is 17.4 Å². The van der Waals surface area contributed by atoms with Gasteiger partial charge in [0.1, 0.15) is 5.75 Å². The molecule has 0 fully saturated rings. The van der Waals surface area contributed by atoms with Crippen molar-refractivity contribution in [2.75, 3.05) is 12.4 Å². The van der Waals surface area contributed by atoms with Crippen molar-refractivity contribution in [1.82, 2.24) is 15.5 Å². The second kappa shape index (κ2) is 7.92. The number of methoxy groups -OCH3 is 1. The smallest absolute Gasteiger partial charge is 0.272 e. The summed E-state index contributed by atoms with van der Waals surface area (Å²) in [5.41, 5.74) is 2.13. The monoisotopic (exact) mass is 334 g/mol. The molecule has 1 amide bonds. The first-order valence-electron chi connectivity index (χ1n) is 7.81. The highest BCUT2D eigenvalue weighted by Gasteiger charge is 2.08. The zero-order chi connectivity index (χ0) is 17.5. The largest absolute Gasteiger partial charge is 0.497 e. The molecule has 0 radical (unpaired) electrons. The van der Waals surface area contributed by atoms with Gasteiger partial charge in [-0.25, -0.2) is 0 Å². The van der Waals surface area contributed by atoms with Crippen LogP contribution in [0, 0.1) is 0 Å². The van der Waals surface area contributed by atoms with Gasteiger partial charge in [0.25, 0.3) is 5.91 Å². The average molecular weight is 334 g/mol. The van der Waals surface area contributed by atoms with Crippen LogP contribution in [-0.4, -0.2) is 23.2 Å². The first-order chi connectivity index (χ1) is 12.2. The zero-order valence-electron chi connectivity index (χ0n) is 13.8. The standard InChI is InChI=1S/C19H18N4O2/c1-25-16-9-5-8-15(12-16)21-18-11-10-17(22-23-18)19(24)20-13-14-6-3-2-4-7-14/h2-12H,13H2,1H3,(H,20,24)(H,21,23). The molecule has 2 N–H and O–H groups in total. The molecule has 6 nitrogen and oxygen atoms in total. The summed E-state index contributed by atoms with van der Waals surface area (Å²) in [6.45, 7) is 0.450. The molecular weight excluding hydrogens is 316 g/mol. The summed E-state index contributed by atoms with van der Waals surface area (Å²) in [7, 11) is 1.61. The van der Waals surface area contributed by atoms with E-state index in [-0.39, 0.29) is 11.6 Å². The number of nitrogens with zero attached hydrogens (tertiary/aromatic N) is 2. The zero-order valence-corrected chi connectivity index (χ0v) is 13.8. The van der Waals surface area contributed by atoms with Gasteiger partial charge in [0.05, 0.1) is 7.11 Å². The fraction of sp³-hybridized carbons (Fsp3) is 0.105. The quantitative estimate of drug-likeness (QED) is 0.724. The summed E-state index contributed by atoms with van der Waals surface area (Å²) in [5, 5.41) is 14.0. The van der Waals surface area contributed by atoms with Crippen LogP contribution in [0.2, 0.25) is 0 Å². The van der Waals surface area contributed by atoms with Gasteiger partial charge in [0.2, 0.25) is 0 Å². The topological polar surface area (TPSA) is 76.1 Å². The predicted molar refractivity (Wildman–Crippen MR) is 95.9 cm³/mol. The van der Waals surface area contributed by atoms with Gasteiger partial charge in [-0.15, -0.1) is 10.2 Å². The summed E-state index contributed by atoms with van der Waals surface area (Å²) < 4.78 is 5.18. The highest BCUT2D eigenvalue weighted by Crippen LogP contribution is 2.19. The Hall–Kier alpha value is -3.41. The minimum absolute atomic E-state index is 0.260. The molecule has 0 bridgehead atoms. The van der Waals surface area contributed by atoms with Gasteiger partial charge in [0.15, 0.2) is 11.5 Å². The maximum absolute atomic E-state index is 12.1. The Balaban J connectivity index is 1.60. The van der Waals surface area contributed by atoms with E-state index in [1.165, 1.54) is 0 Å². The summed E-state index contributed by atoms with van der Waals surface area (Å²) in [5.74, 6) is 1.03. The molecule has 2 aromatic carbocycles. The second-order valence-electron chi connectivity index (χ2n) is 5.33. The number of aromatic nitrogens is 2. The Kier molecular flexibility index (Phi) is 5.21. The fourth-order valence-corrected chi connectivity index (χ4v) is 2.24. The third kappa shape index (κ3) is 4.54. The van der Waals surface area contributed by atoms with Crippen molar-refractivity contribution < 1.29 is 9.53 Å². The van der Waals surface area contributed by atoms with Crippen LogP contribution in [0.15, 0.2) is 66.7 Å². The molecule has 6 heteroatoms. The number of nitrogens with one attached hydrogen (secondary N) is 2. The molecule has 0 aliphatic heterocycles. The van der Waals surface area contributed by atoms with E-state index >= 15 is 0 Å². The number of hydrogen-bond acceptors (Lipinski definition) is 5. The first-order valence-corrected chi connectivity index (χ1v) is 7.81. The Morgan fingerprint density at radius 3 is 2.56 bits per heavy atom. The van der Waals surface area contributed by atoms with Crippen molar-refractivity contribution in [2.24, 2.45) is 0 Å². The molecule has 3 aromatic rings. The van der Waals surface area contributed by atoms with Crippen LogP contribution in [0.1, 0.15) is 16.1 Å². The first kappa shape index (κ1) is 16.4. The second-order valence-corrected chi connectivity index (χ2v) is 5.33. The van der Waals surface area contributed by atoms with E-state index in [9.17, 15) is 4.79 Å². The van der Waals surface area contributed by atoms with E-state index in [0.29, 0.717) is 12.4 Å². The van der Waals surface area contributed by atoms with Gasteiger partial charge < -0.3 is 15.4 Å². The lowest BCUT2D eigenvalue weighted by molar-refractivity contribution is 0.0945. The Labute approximate surface area is 145 Å². The van der Waals surface area contributed by atoms with Crippen LogP contribution in [0.4, 0.5) is 11.5 Å². The molecule has 0 spiro atoms. The lowest BCUT2D eigenvalue weighted by atomic mass is 10.2. The Morgan fingerprint density at radius 2 is 1.84 bits per heavy atom. The highest BCUT2D eigenvalue weighted by molar-refractivity contribution is 5.92. The lowest BCUT2D eigenvalue weighted by Gasteiger charge is -2.08. The summed E-state index contributed by atoms with van der Waals surface area (Å²) in [6, 6.07) is 20.5. The maximum atomic E-state index is 12.1. The average Bonchev–Trinajstić information content (AvgIpc) is 2.67. The minimum atomic E-state index is -0.260. The summed E-state index contributed by atoms with van der Waals surface area (Å²) >= 11 is 0. The Bertz CT molecular complexity index is 836. The molecule has 25 heavy (non-hydrogen) atoms. The third-order valence-electron chi connectivity index (χ3n) is 3.54. The van der Waals surface area contributed by atoms with Crippen molar-refractivity contribution in [2.45, 2.75) is 6.54 Å².